The molecule has 0 spiro atoms. The third-order valence-corrected chi connectivity index (χ3v) is 8.12. The Balaban J connectivity index is 1.28. The van der Waals surface area contributed by atoms with E-state index in [9.17, 15) is 18.0 Å². The summed E-state index contributed by atoms with van der Waals surface area (Å²) in [5.74, 6) is 0.828. The largest absolute Gasteiger partial charge is 0.354 e. The van der Waals surface area contributed by atoms with Crippen molar-refractivity contribution in [2.45, 2.75) is 31.6 Å². The number of aromatic nitrogens is 4. The minimum atomic E-state index is -3.72. The fraction of sp³-hybridized carbons (Fsp3) is 0.348. The van der Waals surface area contributed by atoms with Gasteiger partial charge in [-0.25, -0.2) is 23.1 Å². The van der Waals surface area contributed by atoms with E-state index in [-0.39, 0.29) is 29.6 Å². The average Bonchev–Trinajstić information content (AvgIpc) is 3.38. The predicted octanol–water partition coefficient (Wildman–Crippen LogP) is 1.44. The molecule has 0 radical (unpaired) electrons. The van der Waals surface area contributed by atoms with Crippen molar-refractivity contribution in [3.8, 4) is 5.82 Å². The Labute approximate surface area is 203 Å². The van der Waals surface area contributed by atoms with E-state index >= 15 is 0 Å². The molecule has 35 heavy (non-hydrogen) atoms. The van der Waals surface area contributed by atoms with Crippen molar-refractivity contribution >= 4 is 33.3 Å². The van der Waals surface area contributed by atoms with E-state index in [1.54, 1.807) is 4.68 Å². The van der Waals surface area contributed by atoms with E-state index in [1.165, 1.54) is 34.9 Å². The lowest BCUT2D eigenvalue weighted by atomic mass is 10.3. The van der Waals surface area contributed by atoms with E-state index in [0.717, 1.165) is 16.3 Å². The summed E-state index contributed by atoms with van der Waals surface area (Å²) in [6.45, 7) is 5.42. The van der Waals surface area contributed by atoms with Gasteiger partial charge < -0.3 is 4.90 Å². The number of aryl methyl sites for hydroxylation is 2. The normalized spacial score (nSPS) is 17.4. The number of rotatable bonds is 5. The lowest BCUT2D eigenvalue weighted by Crippen LogP contribution is -2.49. The Morgan fingerprint density at radius 2 is 1.46 bits per heavy atom. The summed E-state index contributed by atoms with van der Waals surface area (Å²) < 4.78 is 29.6. The van der Waals surface area contributed by atoms with Gasteiger partial charge in [0, 0.05) is 50.8 Å². The Hall–Kier alpha value is -3.64. The van der Waals surface area contributed by atoms with Gasteiger partial charge in [0.1, 0.15) is 12.1 Å². The number of amides is 2. The molecule has 4 heterocycles. The van der Waals surface area contributed by atoms with Crippen LogP contribution in [0.3, 0.4) is 0 Å². The number of anilines is 2. The first-order valence-electron chi connectivity index (χ1n) is 11.3. The SMILES string of the molecule is Cc1cc(C)n(-c2cc(N3CCN(S(=O)(=O)c4ccc(N5C(=O)CCC5=O)cc4)CC3)ncn2)n1. The molecule has 2 aliphatic heterocycles. The lowest BCUT2D eigenvalue weighted by Gasteiger charge is -2.34. The fourth-order valence-corrected chi connectivity index (χ4v) is 5.85. The number of hydrogen-bond donors (Lipinski definition) is 0. The molecular formula is C23H25N7O4S. The standard InChI is InChI=1S/C23H25N7O4S/c1-16-13-17(2)30(26-16)21-14-20(24-15-25-21)27-9-11-28(12-10-27)35(33,34)19-5-3-18(4-6-19)29-22(31)7-8-23(29)32/h3-6,13-15H,7-12H2,1-2H3. The van der Waals surface area contributed by atoms with Gasteiger partial charge in [0.05, 0.1) is 16.3 Å². The molecule has 0 bridgehead atoms. The highest BCUT2D eigenvalue weighted by molar-refractivity contribution is 7.89. The highest BCUT2D eigenvalue weighted by atomic mass is 32.2. The number of hydrogen-bond acceptors (Lipinski definition) is 8. The van der Waals surface area contributed by atoms with Crippen molar-refractivity contribution in [1.29, 1.82) is 0 Å². The molecular weight excluding hydrogens is 470 g/mol. The smallest absolute Gasteiger partial charge is 0.243 e. The van der Waals surface area contributed by atoms with Crippen LogP contribution in [-0.4, -0.2) is 70.5 Å². The van der Waals surface area contributed by atoms with Crippen molar-refractivity contribution in [3.63, 3.8) is 0 Å². The van der Waals surface area contributed by atoms with Crippen LogP contribution in [0, 0.1) is 13.8 Å². The fourth-order valence-electron chi connectivity index (χ4n) is 4.43. The summed E-state index contributed by atoms with van der Waals surface area (Å²) in [6, 6.07) is 9.72. The second-order valence-electron chi connectivity index (χ2n) is 8.58. The Morgan fingerprint density at radius 1 is 0.829 bits per heavy atom. The van der Waals surface area contributed by atoms with Crippen LogP contribution < -0.4 is 9.80 Å². The molecule has 0 atom stereocenters. The minimum absolute atomic E-state index is 0.127. The van der Waals surface area contributed by atoms with Crippen molar-refractivity contribution in [3.05, 3.63) is 54.1 Å². The molecule has 0 saturated carbocycles. The Kier molecular flexibility index (Phi) is 5.85. The minimum Gasteiger partial charge on any atom is -0.354 e. The van der Waals surface area contributed by atoms with E-state index in [2.05, 4.69) is 15.1 Å². The van der Waals surface area contributed by atoms with E-state index in [1.807, 2.05) is 30.9 Å². The summed E-state index contributed by atoms with van der Waals surface area (Å²) >= 11 is 0. The molecule has 2 saturated heterocycles. The van der Waals surface area contributed by atoms with Gasteiger partial charge in [-0.3, -0.25) is 14.5 Å². The number of sulfonamides is 1. The number of benzene rings is 1. The second kappa shape index (κ2) is 8.86. The predicted molar refractivity (Wildman–Crippen MR) is 128 cm³/mol. The molecule has 5 rings (SSSR count). The number of piperazine rings is 1. The molecule has 2 amide bonds. The highest BCUT2D eigenvalue weighted by Crippen LogP contribution is 2.26. The van der Waals surface area contributed by atoms with E-state index in [4.69, 9.17) is 0 Å². The van der Waals surface area contributed by atoms with Gasteiger partial charge in [-0.1, -0.05) is 0 Å². The average molecular weight is 496 g/mol. The van der Waals surface area contributed by atoms with E-state index in [0.29, 0.717) is 43.5 Å². The molecule has 11 nitrogen and oxygen atoms in total. The zero-order valence-corrected chi connectivity index (χ0v) is 20.3. The first kappa shape index (κ1) is 23.1. The maximum atomic E-state index is 13.2. The first-order valence-corrected chi connectivity index (χ1v) is 12.7. The third-order valence-electron chi connectivity index (χ3n) is 6.21. The lowest BCUT2D eigenvalue weighted by molar-refractivity contribution is -0.121. The van der Waals surface area contributed by atoms with Crippen LogP contribution in [0.5, 0.6) is 0 Å². The van der Waals surface area contributed by atoms with Crippen molar-refractivity contribution in [1.82, 2.24) is 24.1 Å². The summed E-state index contributed by atoms with van der Waals surface area (Å²) in [5.41, 5.74) is 2.25. The number of carbonyl (C=O) groups is 2. The maximum Gasteiger partial charge on any atom is 0.243 e. The van der Waals surface area contributed by atoms with Crippen LogP contribution in [0.1, 0.15) is 24.2 Å². The van der Waals surface area contributed by atoms with Crippen molar-refractivity contribution in [2.24, 2.45) is 0 Å². The molecule has 12 heteroatoms. The van der Waals surface area contributed by atoms with Gasteiger partial charge in [0.2, 0.25) is 21.8 Å². The molecule has 3 aromatic rings. The molecule has 2 fully saturated rings. The van der Waals surface area contributed by atoms with Gasteiger partial charge in [-0.2, -0.15) is 9.40 Å². The van der Waals surface area contributed by atoms with Crippen LogP contribution in [-0.2, 0) is 19.6 Å². The Morgan fingerprint density at radius 3 is 2.06 bits per heavy atom. The van der Waals surface area contributed by atoms with Gasteiger partial charge in [0.15, 0.2) is 5.82 Å². The zero-order chi connectivity index (χ0) is 24.7. The van der Waals surface area contributed by atoms with Crippen LogP contribution in [0.25, 0.3) is 5.82 Å². The zero-order valence-electron chi connectivity index (χ0n) is 19.5. The molecule has 1 aromatic carbocycles. The van der Waals surface area contributed by atoms with Crippen LogP contribution in [0.2, 0.25) is 0 Å². The maximum absolute atomic E-state index is 13.2. The van der Waals surface area contributed by atoms with Gasteiger partial charge in [-0.05, 0) is 44.2 Å². The highest BCUT2D eigenvalue weighted by Gasteiger charge is 2.32. The number of imide groups is 1. The monoisotopic (exact) mass is 495 g/mol. The topological polar surface area (TPSA) is 122 Å². The molecule has 2 aliphatic rings. The molecule has 2 aromatic heterocycles. The van der Waals surface area contributed by atoms with Gasteiger partial charge in [-0.15, -0.1) is 0 Å². The van der Waals surface area contributed by atoms with E-state index < -0.39 is 10.0 Å². The Bertz CT molecular complexity index is 1380. The van der Waals surface area contributed by atoms with Crippen molar-refractivity contribution < 1.29 is 18.0 Å². The van der Waals surface area contributed by atoms with Crippen LogP contribution in [0.4, 0.5) is 11.5 Å². The quantitative estimate of drug-likeness (QED) is 0.488. The number of carbonyl (C=O) groups excluding carboxylic acids is 2. The molecule has 0 unspecified atom stereocenters. The molecule has 0 N–H and O–H groups in total. The summed E-state index contributed by atoms with van der Waals surface area (Å²) in [4.78, 5) is 35.8. The summed E-state index contributed by atoms with van der Waals surface area (Å²) in [5, 5.41) is 4.46. The molecule has 0 aliphatic carbocycles. The van der Waals surface area contributed by atoms with Crippen LogP contribution in [0.15, 0.2) is 47.6 Å². The molecule has 182 valence electrons. The summed E-state index contributed by atoms with van der Waals surface area (Å²) in [6.07, 6.45) is 1.85. The van der Waals surface area contributed by atoms with Gasteiger partial charge in [0.25, 0.3) is 0 Å². The first-order chi connectivity index (χ1) is 16.7. The second-order valence-corrected chi connectivity index (χ2v) is 10.5. The van der Waals surface area contributed by atoms with Crippen LogP contribution >= 0.6 is 0 Å². The third kappa shape index (κ3) is 4.30. The number of nitrogens with zero attached hydrogens (tertiary/aromatic N) is 7. The summed E-state index contributed by atoms with van der Waals surface area (Å²) in [7, 11) is -3.72. The van der Waals surface area contributed by atoms with Gasteiger partial charge >= 0.3 is 0 Å². The van der Waals surface area contributed by atoms with Crippen molar-refractivity contribution in [2.75, 3.05) is 36.0 Å².